The Labute approximate surface area is 105 Å². The maximum Gasteiger partial charge on any atom is 0.329 e. The van der Waals surface area contributed by atoms with Crippen molar-refractivity contribution in [1.29, 1.82) is 0 Å². The van der Waals surface area contributed by atoms with Crippen LogP contribution in [0.15, 0.2) is 23.1 Å². The van der Waals surface area contributed by atoms with Crippen LogP contribution in [0.3, 0.4) is 0 Å². The van der Waals surface area contributed by atoms with Crippen molar-refractivity contribution in [2.45, 2.75) is 11.8 Å². The Morgan fingerprint density at radius 3 is 2.88 bits per heavy atom. The van der Waals surface area contributed by atoms with E-state index >= 15 is 0 Å². The Balaban J connectivity index is 2.70. The first-order valence-corrected chi connectivity index (χ1v) is 5.77. The Morgan fingerprint density at radius 1 is 1.59 bits per heavy atom. The molecule has 1 amide bonds. The Bertz CT molecular complexity index is 471. The minimum atomic E-state index is -1.14. The molecular weight excluding hydrogens is 292 g/mol. The molecule has 1 atom stereocenters. The summed E-state index contributed by atoms with van der Waals surface area (Å²) in [6.45, 7) is 1.82. The number of halogens is 1. The molecule has 0 saturated heterocycles. The summed E-state index contributed by atoms with van der Waals surface area (Å²) in [5.41, 5.74) is -0.365. The predicted octanol–water partition coefficient (Wildman–Crippen LogP) is 0.640. The fraction of sp³-hybridized carbons (Fsp3) is 0.300. The number of aromatic nitrogens is 1. The van der Waals surface area contributed by atoms with Gasteiger partial charge in [-0.1, -0.05) is 15.9 Å². The van der Waals surface area contributed by atoms with Gasteiger partial charge in [0.15, 0.2) is 4.83 Å². The molecule has 0 aliphatic heterocycles. The molecule has 0 radical (unpaired) electrons. The summed E-state index contributed by atoms with van der Waals surface area (Å²) in [5, 5.41) is 2.32. The second-order valence-corrected chi connectivity index (χ2v) is 3.93. The van der Waals surface area contributed by atoms with Gasteiger partial charge in [0.25, 0.3) is 5.56 Å². The lowest BCUT2D eigenvalue weighted by molar-refractivity contribution is -0.144. The molecule has 0 bridgehead atoms. The second-order valence-electron chi connectivity index (χ2n) is 3.02. The van der Waals surface area contributed by atoms with Crippen LogP contribution in [0, 0.1) is 0 Å². The van der Waals surface area contributed by atoms with E-state index in [4.69, 9.17) is 0 Å². The number of pyridine rings is 1. The lowest BCUT2D eigenvalue weighted by Crippen LogP contribution is -2.33. The van der Waals surface area contributed by atoms with Crippen molar-refractivity contribution < 1.29 is 14.3 Å². The molecule has 1 rings (SSSR count). The van der Waals surface area contributed by atoms with Crippen LogP contribution in [-0.2, 0) is 14.3 Å². The third kappa shape index (κ3) is 3.70. The Kier molecular flexibility index (Phi) is 4.89. The highest BCUT2D eigenvalue weighted by Crippen LogP contribution is 2.06. The van der Waals surface area contributed by atoms with E-state index in [2.05, 4.69) is 31.0 Å². The van der Waals surface area contributed by atoms with Crippen molar-refractivity contribution in [1.82, 2.24) is 4.98 Å². The predicted molar refractivity (Wildman–Crippen MR) is 65.0 cm³/mol. The van der Waals surface area contributed by atoms with Gasteiger partial charge in [0.1, 0.15) is 5.69 Å². The number of esters is 1. The summed E-state index contributed by atoms with van der Waals surface area (Å²) < 4.78 is 4.66. The van der Waals surface area contributed by atoms with Gasteiger partial charge in [-0.15, -0.1) is 0 Å². The van der Waals surface area contributed by atoms with Crippen molar-refractivity contribution in [2.24, 2.45) is 0 Å². The number of ether oxygens (including phenoxy) is 1. The SMILES string of the molecule is CCOC(=O)C(Br)C(=O)Nc1ccc[nH]c1=O. The molecule has 0 spiro atoms. The molecule has 0 aliphatic carbocycles. The number of amides is 1. The van der Waals surface area contributed by atoms with E-state index in [-0.39, 0.29) is 12.3 Å². The molecule has 92 valence electrons. The van der Waals surface area contributed by atoms with E-state index in [1.165, 1.54) is 12.3 Å². The number of nitrogens with one attached hydrogen (secondary N) is 2. The Morgan fingerprint density at radius 2 is 2.29 bits per heavy atom. The topological polar surface area (TPSA) is 88.3 Å². The maximum atomic E-state index is 11.6. The first kappa shape index (κ1) is 13.4. The first-order chi connectivity index (χ1) is 8.06. The number of H-pyrrole nitrogens is 1. The molecule has 0 saturated carbocycles. The molecule has 0 aliphatic rings. The van der Waals surface area contributed by atoms with Crippen LogP contribution >= 0.6 is 15.9 Å². The summed E-state index contributed by atoms with van der Waals surface area (Å²) >= 11 is 2.89. The van der Waals surface area contributed by atoms with Crippen LogP contribution in [-0.4, -0.2) is 28.3 Å². The molecule has 1 unspecified atom stereocenters. The number of carbonyl (C=O) groups excluding carboxylic acids is 2. The second kappa shape index (κ2) is 6.19. The van der Waals surface area contributed by atoms with Crippen LogP contribution in [0.4, 0.5) is 5.69 Å². The van der Waals surface area contributed by atoms with E-state index in [0.717, 1.165) is 0 Å². The molecule has 6 nitrogen and oxygen atoms in total. The van der Waals surface area contributed by atoms with Gasteiger partial charge in [-0.3, -0.25) is 14.4 Å². The molecule has 1 aromatic heterocycles. The fourth-order valence-electron chi connectivity index (χ4n) is 1.04. The van der Waals surface area contributed by atoms with E-state index in [9.17, 15) is 14.4 Å². The average molecular weight is 303 g/mol. The van der Waals surface area contributed by atoms with Crippen LogP contribution in [0.5, 0.6) is 0 Å². The van der Waals surface area contributed by atoms with E-state index in [0.29, 0.717) is 0 Å². The van der Waals surface area contributed by atoms with E-state index < -0.39 is 22.3 Å². The summed E-state index contributed by atoms with van der Waals surface area (Å²) in [6, 6.07) is 2.99. The van der Waals surface area contributed by atoms with Crippen LogP contribution < -0.4 is 10.9 Å². The minimum Gasteiger partial charge on any atom is -0.465 e. The number of carbonyl (C=O) groups is 2. The number of anilines is 1. The highest BCUT2D eigenvalue weighted by atomic mass is 79.9. The van der Waals surface area contributed by atoms with Crippen molar-refractivity contribution >= 4 is 33.5 Å². The summed E-state index contributed by atoms with van der Waals surface area (Å²) in [4.78, 5) is 35.3. The molecule has 0 aromatic carbocycles. The van der Waals surface area contributed by atoms with E-state index in [1.54, 1.807) is 13.0 Å². The zero-order valence-electron chi connectivity index (χ0n) is 9.03. The van der Waals surface area contributed by atoms with Crippen LogP contribution in [0.1, 0.15) is 6.92 Å². The lowest BCUT2D eigenvalue weighted by atomic mass is 10.3. The summed E-state index contributed by atoms with van der Waals surface area (Å²) in [6.07, 6.45) is 1.44. The molecule has 17 heavy (non-hydrogen) atoms. The monoisotopic (exact) mass is 302 g/mol. The van der Waals surface area contributed by atoms with Gasteiger partial charge in [-0.2, -0.15) is 0 Å². The molecular formula is C10H11BrN2O4. The molecule has 1 heterocycles. The average Bonchev–Trinajstić information content (AvgIpc) is 2.31. The molecule has 2 N–H and O–H groups in total. The summed E-state index contributed by atoms with van der Waals surface area (Å²) in [7, 11) is 0. The normalized spacial score (nSPS) is 11.6. The van der Waals surface area contributed by atoms with E-state index in [1.807, 2.05) is 0 Å². The van der Waals surface area contributed by atoms with Gasteiger partial charge in [0.2, 0.25) is 5.91 Å². The van der Waals surface area contributed by atoms with Crippen molar-refractivity contribution in [3.05, 3.63) is 28.7 Å². The minimum absolute atomic E-state index is 0.0752. The van der Waals surface area contributed by atoms with Crippen LogP contribution in [0.2, 0.25) is 0 Å². The number of alkyl halides is 1. The third-order valence-electron chi connectivity index (χ3n) is 1.80. The Hall–Kier alpha value is -1.63. The molecule has 0 fully saturated rings. The van der Waals surface area contributed by atoms with Gasteiger partial charge in [0, 0.05) is 6.20 Å². The van der Waals surface area contributed by atoms with Crippen molar-refractivity contribution in [3.8, 4) is 0 Å². The standard InChI is InChI=1S/C10H11BrN2O4/c1-2-17-10(16)7(11)9(15)13-6-4-3-5-12-8(6)14/h3-5,7H,2H2,1H3,(H,12,14)(H,13,15). The number of hydrogen-bond acceptors (Lipinski definition) is 4. The van der Waals surface area contributed by atoms with Crippen molar-refractivity contribution in [3.63, 3.8) is 0 Å². The fourth-order valence-corrected chi connectivity index (χ4v) is 1.29. The smallest absolute Gasteiger partial charge is 0.329 e. The maximum absolute atomic E-state index is 11.6. The van der Waals surface area contributed by atoms with Crippen molar-refractivity contribution in [2.75, 3.05) is 11.9 Å². The molecule has 7 heteroatoms. The van der Waals surface area contributed by atoms with Gasteiger partial charge in [0.05, 0.1) is 6.61 Å². The quantitative estimate of drug-likeness (QED) is 0.485. The van der Waals surface area contributed by atoms with Gasteiger partial charge in [-0.25, -0.2) is 0 Å². The largest absolute Gasteiger partial charge is 0.465 e. The first-order valence-electron chi connectivity index (χ1n) is 4.85. The zero-order chi connectivity index (χ0) is 12.8. The highest BCUT2D eigenvalue weighted by Gasteiger charge is 2.25. The summed E-state index contributed by atoms with van der Waals surface area (Å²) in [5.74, 6) is -1.35. The molecule has 1 aromatic rings. The number of rotatable bonds is 4. The zero-order valence-corrected chi connectivity index (χ0v) is 10.6. The van der Waals surface area contributed by atoms with Gasteiger partial charge in [-0.05, 0) is 19.1 Å². The number of aromatic amines is 1. The van der Waals surface area contributed by atoms with Crippen LogP contribution in [0.25, 0.3) is 0 Å². The third-order valence-corrected chi connectivity index (χ3v) is 2.59. The van der Waals surface area contributed by atoms with Gasteiger partial charge >= 0.3 is 5.97 Å². The number of hydrogen-bond donors (Lipinski definition) is 2. The van der Waals surface area contributed by atoms with Gasteiger partial charge < -0.3 is 15.0 Å². The lowest BCUT2D eigenvalue weighted by Gasteiger charge is -2.09. The highest BCUT2D eigenvalue weighted by molar-refractivity contribution is 9.10.